The number of benzene rings is 1. The Labute approximate surface area is 121 Å². The summed E-state index contributed by atoms with van der Waals surface area (Å²) in [5.74, 6) is 0. The fourth-order valence-corrected chi connectivity index (χ4v) is 2.56. The van der Waals surface area contributed by atoms with Crippen molar-refractivity contribution in [3.8, 4) is 0 Å². The lowest BCUT2D eigenvalue weighted by atomic mass is 9.91. The summed E-state index contributed by atoms with van der Waals surface area (Å²) in [4.78, 5) is 0. The molecule has 0 bridgehead atoms. The maximum atomic E-state index is 6.51. The highest BCUT2D eigenvalue weighted by atomic mass is 15.1. The molecule has 1 heterocycles. The van der Waals surface area contributed by atoms with Gasteiger partial charge in [-0.05, 0) is 68.0 Å². The van der Waals surface area contributed by atoms with Crippen molar-refractivity contribution in [1.82, 2.24) is 10.2 Å². The molecule has 0 spiro atoms. The summed E-state index contributed by atoms with van der Waals surface area (Å²) < 4.78 is 0. The van der Waals surface area contributed by atoms with Gasteiger partial charge in [0.1, 0.15) is 0 Å². The number of nitrogens with two attached hydrogens (primary N) is 1. The van der Waals surface area contributed by atoms with Crippen molar-refractivity contribution in [2.45, 2.75) is 47.1 Å². The third-order valence-electron chi connectivity index (χ3n) is 3.91. The predicted molar refractivity (Wildman–Crippen MR) is 82.8 cm³/mol. The lowest BCUT2D eigenvalue weighted by molar-refractivity contribution is 0.784. The molecule has 1 atom stereocenters. The van der Waals surface area contributed by atoms with Crippen LogP contribution in [0.4, 0.5) is 0 Å². The van der Waals surface area contributed by atoms with Crippen LogP contribution in [-0.4, -0.2) is 10.2 Å². The molecular formula is C17H23N3. The largest absolute Gasteiger partial charge is 0.320 e. The molecule has 0 saturated carbocycles. The van der Waals surface area contributed by atoms with Gasteiger partial charge in [0.25, 0.3) is 0 Å². The number of rotatable bonds is 3. The number of aryl methyl sites for hydroxylation is 5. The molecule has 2 aromatic rings. The molecular weight excluding hydrogens is 246 g/mol. The zero-order valence-electron chi connectivity index (χ0n) is 13.0. The van der Waals surface area contributed by atoms with E-state index in [9.17, 15) is 0 Å². The van der Waals surface area contributed by atoms with Crippen LogP contribution in [0.1, 0.15) is 52.2 Å². The summed E-state index contributed by atoms with van der Waals surface area (Å²) in [5.41, 5.74) is 14.5. The van der Waals surface area contributed by atoms with E-state index >= 15 is 0 Å². The number of hydrogen-bond donors (Lipinski definition) is 1. The van der Waals surface area contributed by atoms with Gasteiger partial charge < -0.3 is 5.73 Å². The smallest absolute Gasteiger partial charge is 0.0679 e. The van der Waals surface area contributed by atoms with Crippen LogP contribution in [0.25, 0.3) is 0 Å². The summed E-state index contributed by atoms with van der Waals surface area (Å²) in [6.07, 6.45) is 0.847. The third kappa shape index (κ3) is 2.73. The molecule has 0 aliphatic rings. The molecule has 2 N–H and O–H groups in total. The van der Waals surface area contributed by atoms with Crippen molar-refractivity contribution < 1.29 is 0 Å². The van der Waals surface area contributed by atoms with Crippen molar-refractivity contribution in [2.75, 3.05) is 0 Å². The quantitative estimate of drug-likeness (QED) is 0.930. The van der Waals surface area contributed by atoms with Crippen LogP contribution in [-0.2, 0) is 6.42 Å². The van der Waals surface area contributed by atoms with Gasteiger partial charge in [-0.25, -0.2) is 0 Å². The average molecular weight is 269 g/mol. The van der Waals surface area contributed by atoms with Crippen LogP contribution in [0.5, 0.6) is 0 Å². The fraction of sp³-hybridized carbons (Fsp3) is 0.412. The lowest BCUT2D eigenvalue weighted by Gasteiger charge is -2.19. The minimum Gasteiger partial charge on any atom is -0.320 e. The molecule has 3 heteroatoms. The Morgan fingerprint density at radius 3 is 2.20 bits per heavy atom. The van der Waals surface area contributed by atoms with Gasteiger partial charge in [-0.1, -0.05) is 19.1 Å². The highest BCUT2D eigenvalue weighted by Gasteiger charge is 2.17. The molecule has 0 aliphatic carbocycles. The van der Waals surface area contributed by atoms with Gasteiger partial charge in [0.05, 0.1) is 17.4 Å². The van der Waals surface area contributed by atoms with Gasteiger partial charge in [0, 0.05) is 0 Å². The Hall–Kier alpha value is -1.74. The molecule has 0 aliphatic heterocycles. The topological polar surface area (TPSA) is 51.8 Å². The third-order valence-corrected chi connectivity index (χ3v) is 3.91. The zero-order valence-corrected chi connectivity index (χ0v) is 13.0. The van der Waals surface area contributed by atoms with Crippen molar-refractivity contribution in [2.24, 2.45) is 5.73 Å². The molecule has 0 fully saturated rings. The first-order chi connectivity index (χ1) is 9.43. The van der Waals surface area contributed by atoms with E-state index in [1.807, 2.05) is 6.92 Å². The Morgan fingerprint density at radius 2 is 1.55 bits per heavy atom. The van der Waals surface area contributed by atoms with Gasteiger partial charge in [-0.2, -0.15) is 10.2 Å². The van der Waals surface area contributed by atoms with Crippen molar-refractivity contribution in [3.05, 3.63) is 57.4 Å². The molecule has 106 valence electrons. The first kappa shape index (κ1) is 14.7. The summed E-state index contributed by atoms with van der Waals surface area (Å²) in [7, 11) is 0. The van der Waals surface area contributed by atoms with Crippen molar-refractivity contribution >= 4 is 0 Å². The van der Waals surface area contributed by atoms with E-state index in [1.54, 1.807) is 0 Å². The highest BCUT2D eigenvalue weighted by Crippen LogP contribution is 2.27. The van der Waals surface area contributed by atoms with E-state index in [0.29, 0.717) is 0 Å². The monoisotopic (exact) mass is 269 g/mol. The van der Waals surface area contributed by atoms with E-state index < -0.39 is 0 Å². The van der Waals surface area contributed by atoms with Gasteiger partial charge >= 0.3 is 0 Å². The van der Waals surface area contributed by atoms with Crippen molar-refractivity contribution in [3.63, 3.8) is 0 Å². The van der Waals surface area contributed by atoms with Crippen LogP contribution in [0, 0.1) is 27.7 Å². The Balaban J connectivity index is 2.54. The minimum atomic E-state index is -0.140. The van der Waals surface area contributed by atoms with E-state index in [0.717, 1.165) is 23.4 Å². The van der Waals surface area contributed by atoms with E-state index in [2.05, 4.69) is 56.1 Å². The second kappa shape index (κ2) is 5.71. The molecule has 20 heavy (non-hydrogen) atoms. The van der Waals surface area contributed by atoms with E-state index in [4.69, 9.17) is 5.73 Å². The maximum absolute atomic E-state index is 6.51. The maximum Gasteiger partial charge on any atom is 0.0679 e. The predicted octanol–water partition coefficient (Wildman–Crippen LogP) is 3.32. The summed E-state index contributed by atoms with van der Waals surface area (Å²) in [5, 5.41) is 8.42. The van der Waals surface area contributed by atoms with Gasteiger partial charge in [0.15, 0.2) is 0 Å². The minimum absolute atomic E-state index is 0.140. The molecule has 0 radical (unpaired) electrons. The van der Waals surface area contributed by atoms with Crippen LogP contribution in [0.2, 0.25) is 0 Å². The summed E-state index contributed by atoms with van der Waals surface area (Å²) >= 11 is 0. The van der Waals surface area contributed by atoms with Gasteiger partial charge in [-0.3, -0.25) is 0 Å². The second-order valence-electron chi connectivity index (χ2n) is 5.51. The molecule has 1 unspecified atom stereocenters. The standard InChI is InChI=1S/C17H23N3/c1-6-16-15(9-13(5)19-20-16)17(18)14-8-11(3)10(2)7-12(14)4/h7-9,17H,6,18H2,1-5H3. The lowest BCUT2D eigenvalue weighted by Crippen LogP contribution is -2.17. The Kier molecular flexibility index (Phi) is 4.19. The number of aromatic nitrogens is 2. The fourth-order valence-electron chi connectivity index (χ4n) is 2.56. The molecule has 1 aromatic heterocycles. The normalized spacial score (nSPS) is 12.5. The van der Waals surface area contributed by atoms with E-state index in [-0.39, 0.29) is 6.04 Å². The Bertz CT molecular complexity index is 632. The van der Waals surface area contributed by atoms with Gasteiger partial charge in [0.2, 0.25) is 0 Å². The molecule has 0 saturated heterocycles. The second-order valence-corrected chi connectivity index (χ2v) is 5.51. The zero-order chi connectivity index (χ0) is 14.9. The summed E-state index contributed by atoms with van der Waals surface area (Å²) in [6.45, 7) is 10.4. The Morgan fingerprint density at radius 1 is 0.900 bits per heavy atom. The molecule has 3 nitrogen and oxygen atoms in total. The number of nitrogens with zero attached hydrogens (tertiary/aromatic N) is 2. The van der Waals surface area contributed by atoms with Crippen LogP contribution >= 0.6 is 0 Å². The SMILES string of the molecule is CCc1nnc(C)cc1C(N)c1cc(C)c(C)cc1C. The molecule has 1 aromatic carbocycles. The van der Waals surface area contributed by atoms with Crippen LogP contribution in [0.3, 0.4) is 0 Å². The van der Waals surface area contributed by atoms with Crippen LogP contribution < -0.4 is 5.73 Å². The molecule has 0 amide bonds. The highest BCUT2D eigenvalue weighted by molar-refractivity contribution is 5.43. The number of hydrogen-bond acceptors (Lipinski definition) is 3. The van der Waals surface area contributed by atoms with E-state index in [1.165, 1.54) is 22.3 Å². The average Bonchev–Trinajstić information content (AvgIpc) is 2.42. The van der Waals surface area contributed by atoms with Crippen LogP contribution in [0.15, 0.2) is 18.2 Å². The van der Waals surface area contributed by atoms with Gasteiger partial charge in [-0.15, -0.1) is 0 Å². The molecule has 2 rings (SSSR count). The van der Waals surface area contributed by atoms with Crippen molar-refractivity contribution in [1.29, 1.82) is 0 Å². The summed E-state index contributed by atoms with van der Waals surface area (Å²) in [6, 6.07) is 6.33. The first-order valence-corrected chi connectivity index (χ1v) is 7.10. The first-order valence-electron chi connectivity index (χ1n) is 7.10.